The third-order valence-corrected chi connectivity index (χ3v) is 2.67. The smallest absolute Gasteiger partial charge is 0.422 e. The molecular formula is C14H23F3O4. The average Bonchev–Trinajstić information content (AvgIpc) is 2.39. The van der Waals surface area contributed by atoms with Crippen LogP contribution in [0.25, 0.3) is 0 Å². The number of carbonyl (C=O) groups is 2. The van der Waals surface area contributed by atoms with Crippen molar-refractivity contribution in [1.82, 2.24) is 0 Å². The first-order valence-corrected chi connectivity index (χ1v) is 7.23. The van der Waals surface area contributed by atoms with Crippen LogP contribution in [0.15, 0.2) is 0 Å². The molecule has 0 aromatic carbocycles. The second-order valence-corrected chi connectivity index (χ2v) is 4.76. The molecule has 0 aliphatic rings. The van der Waals surface area contributed by atoms with Gasteiger partial charge in [-0.15, -0.1) is 0 Å². The summed E-state index contributed by atoms with van der Waals surface area (Å²) in [6, 6.07) is 0. The van der Waals surface area contributed by atoms with Crippen molar-refractivity contribution in [2.75, 3.05) is 13.2 Å². The SMILES string of the molecule is CCCCCCCOC(=O)CCCC(=O)OCC(F)(F)F. The van der Waals surface area contributed by atoms with Gasteiger partial charge in [-0.1, -0.05) is 32.6 Å². The van der Waals surface area contributed by atoms with Crippen LogP contribution in [-0.2, 0) is 19.1 Å². The van der Waals surface area contributed by atoms with Gasteiger partial charge in [0.1, 0.15) is 0 Å². The monoisotopic (exact) mass is 312 g/mol. The van der Waals surface area contributed by atoms with Gasteiger partial charge in [0.2, 0.25) is 0 Å². The predicted molar refractivity (Wildman–Crippen MR) is 70.6 cm³/mol. The summed E-state index contributed by atoms with van der Waals surface area (Å²) >= 11 is 0. The van der Waals surface area contributed by atoms with Gasteiger partial charge in [0.05, 0.1) is 6.61 Å². The summed E-state index contributed by atoms with van der Waals surface area (Å²) < 4.78 is 44.3. The molecule has 0 heterocycles. The van der Waals surface area contributed by atoms with Gasteiger partial charge in [-0.2, -0.15) is 13.2 Å². The topological polar surface area (TPSA) is 52.6 Å². The summed E-state index contributed by atoms with van der Waals surface area (Å²) in [5.41, 5.74) is 0. The van der Waals surface area contributed by atoms with Gasteiger partial charge in [0.15, 0.2) is 6.61 Å². The maximum Gasteiger partial charge on any atom is 0.422 e. The number of ether oxygens (including phenoxy) is 2. The molecule has 0 spiro atoms. The zero-order chi connectivity index (χ0) is 16.1. The lowest BCUT2D eigenvalue weighted by atomic mass is 10.2. The Labute approximate surface area is 123 Å². The fraction of sp³-hybridized carbons (Fsp3) is 0.857. The molecule has 0 unspecified atom stereocenters. The Kier molecular flexibility index (Phi) is 10.7. The van der Waals surface area contributed by atoms with E-state index in [9.17, 15) is 22.8 Å². The number of hydrogen-bond acceptors (Lipinski definition) is 4. The zero-order valence-corrected chi connectivity index (χ0v) is 12.3. The van der Waals surface area contributed by atoms with Crippen LogP contribution in [-0.4, -0.2) is 31.3 Å². The highest BCUT2D eigenvalue weighted by Crippen LogP contribution is 2.15. The molecule has 0 aliphatic carbocycles. The molecule has 7 heteroatoms. The maximum absolute atomic E-state index is 11.8. The number of alkyl halides is 3. The quantitative estimate of drug-likeness (QED) is 0.430. The molecule has 0 atom stereocenters. The predicted octanol–water partition coefficient (Wildman–Crippen LogP) is 3.78. The largest absolute Gasteiger partial charge is 0.466 e. The van der Waals surface area contributed by atoms with Crippen molar-refractivity contribution in [3.8, 4) is 0 Å². The van der Waals surface area contributed by atoms with E-state index in [0.717, 1.165) is 32.1 Å². The van der Waals surface area contributed by atoms with Crippen molar-refractivity contribution < 1.29 is 32.2 Å². The van der Waals surface area contributed by atoms with E-state index in [4.69, 9.17) is 4.74 Å². The lowest BCUT2D eigenvalue weighted by Crippen LogP contribution is -2.20. The third kappa shape index (κ3) is 14.9. The molecule has 0 aliphatic heterocycles. The molecule has 0 saturated carbocycles. The second kappa shape index (κ2) is 11.4. The van der Waals surface area contributed by atoms with Crippen molar-refractivity contribution >= 4 is 11.9 Å². The van der Waals surface area contributed by atoms with Crippen LogP contribution in [0.4, 0.5) is 13.2 Å². The maximum atomic E-state index is 11.8. The van der Waals surface area contributed by atoms with Gasteiger partial charge in [-0.05, 0) is 12.8 Å². The van der Waals surface area contributed by atoms with Crippen molar-refractivity contribution in [3.63, 3.8) is 0 Å². The first-order valence-electron chi connectivity index (χ1n) is 7.23. The molecule has 0 radical (unpaired) electrons. The summed E-state index contributed by atoms with van der Waals surface area (Å²) in [5, 5.41) is 0. The van der Waals surface area contributed by atoms with Crippen LogP contribution in [0.1, 0.15) is 58.3 Å². The van der Waals surface area contributed by atoms with Gasteiger partial charge in [-0.25, -0.2) is 0 Å². The summed E-state index contributed by atoms with van der Waals surface area (Å²) in [7, 11) is 0. The van der Waals surface area contributed by atoms with Gasteiger partial charge in [0.25, 0.3) is 0 Å². The molecule has 0 N–H and O–H groups in total. The highest BCUT2D eigenvalue weighted by Gasteiger charge is 2.29. The van der Waals surface area contributed by atoms with E-state index in [1.54, 1.807) is 0 Å². The molecule has 4 nitrogen and oxygen atoms in total. The van der Waals surface area contributed by atoms with Crippen LogP contribution >= 0.6 is 0 Å². The zero-order valence-electron chi connectivity index (χ0n) is 12.3. The lowest BCUT2D eigenvalue weighted by Gasteiger charge is -2.07. The highest BCUT2D eigenvalue weighted by molar-refractivity contribution is 5.72. The molecule has 0 aromatic heterocycles. The van der Waals surface area contributed by atoms with E-state index < -0.39 is 24.7 Å². The Bertz CT molecular complexity index is 303. The Balaban J connectivity index is 3.46. The number of rotatable bonds is 11. The Morgan fingerprint density at radius 2 is 1.43 bits per heavy atom. The molecule has 0 rings (SSSR count). The summed E-state index contributed by atoms with van der Waals surface area (Å²) in [4.78, 5) is 22.2. The summed E-state index contributed by atoms with van der Waals surface area (Å²) in [5.74, 6) is -1.39. The molecule has 0 fully saturated rings. The minimum atomic E-state index is -4.52. The van der Waals surface area contributed by atoms with Crippen LogP contribution in [0, 0.1) is 0 Å². The van der Waals surface area contributed by atoms with Crippen LogP contribution in [0.2, 0.25) is 0 Å². The van der Waals surface area contributed by atoms with Gasteiger partial charge in [0, 0.05) is 12.8 Å². The standard InChI is InChI=1S/C14H23F3O4/c1-2-3-4-5-6-10-20-12(18)8-7-9-13(19)21-11-14(15,16)17/h2-11H2,1H3. The summed E-state index contributed by atoms with van der Waals surface area (Å²) in [6.07, 6.45) is 0.622. The molecule has 0 amide bonds. The second-order valence-electron chi connectivity index (χ2n) is 4.76. The lowest BCUT2D eigenvalue weighted by molar-refractivity contribution is -0.186. The van der Waals surface area contributed by atoms with Crippen molar-refractivity contribution in [3.05, 3.63) is 0 Å². The number of hydrogen-bond donors (Lipinski definition) is 0. The Hall–Kier alpha value is -1.27. The fourth-order valence-corrected chi connectivity index (χ4v) is 1.58. The van der Waals surface area contributed by atoms with Crippen LogP contribution in [0.5, 0.6) is 0 Å². The molecular weight excluding hydrogens is 289 g/mol. The van der Waals surface area contributed by atoms with Crippen molar-refractivity contribution in [1.29, 1.82) is 0 Å². The number of unbranched alkanes of at least 4 members (excludes halogenated alkanes) is 4. The summed E-state index contributed by atoms with van der Waals surface area (Å²) in [6.45, 7) is 0.870. The highest BCUT2D eigenvalue weighted by atomic mass is 19.4. The van der Waals surface area contributed by atoms with E-state index in [2.05, 4.69) is 11.7 Å². The molecule has 21 heavy (non-hydrogen) atoms. The first-order chi connectivity index (χ1) is 9.85. The fourth-order valence-electron chi connectivity index (χ4n) is 1.58. The normalized spacial score (nSPS) is 11.2. The van der Waals surface area contributed by atoms with E-state index in [0.29, 0.717) is 6.61 Å². The Morgan fingerprint density at radius 1 is 0.857 bits per heavy atom. The van der Waals surface area contributed by atoms with E-state index in [1.807, 2.05) is 0 Å². The van der Waals surface area contributed by atoms with Crippen LogP contribution in [0.3, 0.4) is 0 Å². The number of carbonyl (C=O) groups excluding carboxylic acids is 2. The van der Waals surface area contributed by atoms with Gasteiger partial charge in [-0.3, -0.25) is 9.59 Å². The number of esters is 2. The van der Waals surface area contributed by atoms with Crippen molar-refractivity contribution in [2.45, 2.75) is 64.5 Å². The van der Waals surface area contributed by atoms with E-state index in [1.165, 1.54) is 0 Å². The minimum Gasteiger partial charge on any atom is -0.466 e. The Morgan fingerprint density at radius 3 is 2.00 bits per heavy atom. The van der Waals surface area contributed by atoms with Crippen molar-refractivity contribution in [2.24, 2.45) is 0 Å². The van der Waals surface area contributed by atoms with Gasteiger partial charge < -0.3 is 9.47 Å². The van der Waals surface area contributed by atoms with E-state index in [-0.39, 0.29) is 19.3 Å². The average molecular weight is 312 g/mol. The minimum absolute atomic E-state index is 0.01000. The molecule has 0 saturated heterocycles. The molecule has 0 bridgehead atoms. The molecule has 0 aromatic rings. The third-order valence-electron chi connectivity index (χ3n) is 2.67. The van der Waals surface area contributed by atoms with Gasteiger partial charge >= 0.3 is 18.1 Å². The molecule has 124 valence electrons. The van der Waals surface area contributed by atoms with E-state index >= 15 is 0 Å². The first kappa shape index (κ1) is 19.7. The number of halogens is 3. The van der Waals surface area contributed by atoms with Crippen LogP contribution < -0.4 is 0 Å².